The third kappa shape index (κ3) is 4.50. The summed E-state index contributed by atoms with van der Waals surface area (Å²) in [7, 11) is -0.610. The second-order valence-corrected chi connectivity index (χ2v) is 6.36. The highest BCUT2D eigenvalue weighted by Gasteiger charge is 2.23. The Morgan fingerprint density at radius 1 is 1.33 bits per heavy atom. The molecular formula is C13H21N3O4S. The van der Waals surface area contributed by atoms with Crippen molar-refractivity contribution in [1.29, 1.82) is 0 Å². The summed E-state index contributed by atoms with van der Waals surface area (Å²) in [5.41, 5.74) is 6.49. The van der Waals surface area contributed by atoms with Gasteiger partial charge in [-0.2, -0.15) is 0 Å². The second kappa shape index (κ2) is 6.99. The van der Waals surface area contributed by atoms with Crippen LogP contribution in [0.5, 0.6) is 0 Å². The maximum Gasteiger partial charge on any atom is 0.242 e. The molecule has 0 aromatic heterocycles. The fourth-order valence-corrected chi connectivity index (χ4v) is 2.38. The van der Waals surface area contributed by atoms with Crippen molar-refractivity contribution in [2.45, 2.75) is 23.9 Å². The van der Waals surface area contributed by atoms with Gasteiger partial charge < -0.3 is 15.4 Å². The summed E-state index contributed by atoms with van der Waals surface area (Å²) in [5, 5.41) is 5.04. The minimum atomic E-state index is -3.72. The van der Waals surface area contributed by atoms with Gasteiger partial charge in [-0.1, -0.05) is 12.1 Å². The van der Waals surface area contributed by atoms with Crippen molar-refractivity contribution < 1.29 is 17.9 Å². The van der Waals surface area contributed by atoms with Crippen molar-refractivity contribution in [2.75, 3.05) is 20.8 Å². The smallest absolute Gasteiger partial charge is 0.242 e. The Hall–Kier alpha value is -1.48. The largest absolute Gasteiger partial charge is 0.383 e. The quantitative estimate of drug-likeness (QED) is 0.756. The molecule has 21 heavy (non-hydrogen) atoms. The maximum absolute atomic E-state index is 12.1. The first-order valence-corrected chi connectivity index (χ1v) is 7.87. The number of benzene rings is 1. The number of primary sulfonamides is 1. The van der Waals surface area contributed by atoms with Crippen molar-refractivity contribution in [3.05, 3.63) is 29.8 Å². The zero-order valence-electron chi connectivity index (χ0n) is 12.3. The molecule has 0 bridgehead atoms. The summed E-state index contributed by atoms with van der Waals surface area (Å²) in [4.78, 5) is 13.6. The molecule has 7 nitrogen and oxygen atoms in total. The Balaban J connectivity index is 2.88. The van der Waals surface area contributed by atoms with Crippen LogP contribution in [0.4, 0.5) is 0 Å². The van der Waals surface area contributed by atoms with Gasteiger partial charge in [-0.3, -0.25) is 4.79 Å². The average Bonchev–Trinajstić information content (AvgIpc) is 2.44. The molecule has 1 amide bonds. The number of nitrogens with two attached hydrogens (primary N) is 2. The SMILES string of the molecule is COCC(N)C(=O)N(C)C(C)c1ccc(S(N)(=O)=O)cc1. The molecule has 0 aliphatic rings. The second-order valence-electron chi connectivity index (χ2n) is 4.80. The predicted octanol–water partition coefficient (Wildman–Crippen LogP) is -0.173. The van der Waals surface area contributed by atoms with E-state index >= 15 is 0 Å². The molecular weight excluding hydrogens is 294 g/mol. The first-order valence-electron chi connectivity index (χ1n) is 6.32. The lowest BCUT2D eigenvalue weighted by Gasteiger charge is -2.27. The number of hydrogen-bond donors (Lipinski definition) is 2. The van der Waals surface area contributed by atoms with Gasteiger partial charge in [0.05, 0.1) is 17.5 Å². The molecule has 1 rings (SSSR count). The summed E-state index contributed by atoms with van der Waals surface area (Å²) in [5.74, 6) is -0.250. The van der Waals surface area contributed by atoms with Crippen LogP contribution in [0.15, 0.2) is 29.2 Å². The molecule has 2 atom stereocenters. The Morgan fingerprint density at radius 2 is 1.86 bits per heavy atom. The molecule has 4 N–H and O–H groups in total. The van der Waals surface area contributed by atoms with Crippen LogP contribution >= 0.6 is 0 Å². The van der Waals surface area contributed by atoms with Crippen LogP contribution in [0.1, 0.15) is 18.5 Å². The van der Waals surface area contributed by atoms with E-state index in [1.165, 1.54) is 24.1 Å². The molecule has 8 heteroatoms. The zero-order chi connectivity index (χ0) is 16.2. The van der Waals surface area contributed by atoms with E-state index in [1.54, 1.807) is 19.2 Å². The number of methoxy groups -OCH3 is 1. The first-order chi connectivity index (χ1) is 9.68. The summed E-state index contributed by atoms with van der Waals surface area (Å²) >= 11 is 0. The van der Waals surface area contributed by atoms with Crippen LogP contribution in [0, 0.1) is 0 Å². The molecule has 0 spiro atoms. The summed E-state index contributed by atoms with van der Waals surface area (Å²) in [6, 6.07) is 5.08. The van der Waals surface area contributed by atoms with E-state index in [0.717, 1.165) is 5.56 Å². The maximum atomic E-state index is 12.1. The molecule has 2 unspecified atom stereocenters. The molecule has 0 radical (unpaired) electrons. The molecule has 1 aromatic rings. The molecule has 0 aliphatic carbocycles. The number of amides is 1. The van der Waals surface area contributed by atoms with E-state index in [2.05, 4.69) is 0 Å². The van der Waals surface area contributed by atoms with Crippen LogP contribution in [-0.2, 0) is 19.6 Å². The Labute approximate surface area is 124 Å². The van der Waals surface area contributed by atoms with Gasteiger partial charge in [-0.15, -0.1) is 0 Å². The zero-order valence-corrected chi connectivity index (χ0v) is 13.1. The van der Waals surface area contributed by atoms with Crippen LogP contribution in [0.2, 0.25) is 0 Å². The predicted molar refractivity (Wildman–Crippen MR) is 78.9 cm³/mol. The van der Waals surface area contributed by atoms with Gasteiger partial charge >= 0.3 is 0 Å². The normalized spacial score (nSPS) is 14.5. The first kappa shape index (κ1) is 17.6. The molecule has 0 heterocycles. The number of likely N-dealkylation sites (N-methyl/N-ethyl adjacent to an activating group) is 1. The van der Waals surface area contributed by atoms with Gasteiger partial charge in [-0.25, -0.2) is 13.6 Å². The number of carbonyl (C=O) groups is 1. The van der Waals surface area contributed by atoms with Gasteiger partial charge in [0.1, 0.15) is 6.04 Å². The number of rotatable bonds is 6. The van der Waals surface area contributed by atoms with Crippen molar-refractivity contribution in [3.63, 3.8) is 0 Å². The van der Waals surface area contributed by atoms with E-state index in [4.69, 9.17) is 15.6 Å². The third-order valence-corrected chi connectivity index (χ3v) is 4.21. The van der Waals surface area contributed by atoms with Gasteiger partial charge in [0.25, 0.3) is 0 Å². The fourth-order valence-electron chi connectivity index (χ4n) is 1.86. The highest BCUT2D eigenvalue weighted by Crippen LogP contribution is 2.20. The highest BCUT2D eigenvalue weighted by molar-refractivity contribution is 7.89. The monoisotopic (exact) mass is 315 g/mol. The number of nitrogens with zero attached hydrogens (tertiary/aromatic N) is 1. The lowest BCUT2D eigenvalue weighted by molar-refractivity contribution is -0.134. The number of hydrogen-bond acceptors (Lipinski definition) is 5. The topological polar surface area (TPSA) is 116 Å². The van der Waals surface area contributed by atoms with Crippen molar-refractivity contribution in [1.82, 2.24) is 4.90 Å². The summed E-state index contributed by atoms with van der Waals surface area (Å²) in [6.45, 7) is 1.96. The van der Waals surface area contributed by atoms with Crippen LogP contribution in [0.25, 0.3) is 0 Å². The highest BCUT2D eigenvalue weighted by atomic mass is 32.2. The van der Waals surface area contributed by atoms with E-state index in [-0.39, 0.29) is 23.5 Å². The minimum Gasteiger partial charge on any atom is -0.383 e. The Morgan fingerprint density at radius 3 is 2.29 bits per heavy atom. The minimum absolute atomic E-state index is 0.0310. The van der Waals surface area contributed by atoms with E-state index in [9.17, 15) is 13.2 Å². The van der Waals surface area contributed by atoms with Crippen molar-refractivity contribution in [2.24, 2.45) is 10.9 Å². The van der Waals surface area contributed by atoms with E-state index in [0.29, 0.717) is 0 Å². The van der Waals surface area contributed by atoms with Gasteiger partial charge in [-0.05, 0) is 24.6 Å². The van der Waals surface area contributed by atoms with E-state index in [1.807, 2.05) is 6.92 Å². The molecule has 1 aromatic carbocycles. The Bertz CT molecular complexity index is 586. The van der Waals surface area contributed by atoms with Gasteiger partial charge in [0.15, 0.2) is 0 Å². The van der Waals surface area contributed by atoms with Gasteiger partial charge in [0.2, 0.25) is 15.9 Å². The van der Waals surface area contributed by atoms with Crippen LogP contribution < -0.4 is 10.9 Å². The summed E-state index contributed by atoms with van der Waals surface area (Å²) < 4.78 is 27.3. The Kier molecular flexibility index (Phi) is 5.85. The molecule has 118 valence electrons. The average molecular weight is 315 g/mol. The molecule has 0 aliphatic heterocycles. The lowest BCUT2D eigenvalue weighted by Crippen LogP contribution is -2.45. The van der Waals surface area contributed by atoms with Crippen molar-refractivity contribution >= 4 is 15.9 Å². The van der Waals surface area contributed by atoms with Crippen LogP contribution in [0.3, 0.4) is 0 Å². The van der Waals surface area contributed by atoms with Crippen LogP contribution in [-0.4, -0.2) is 46.0 Å². The molecule has 0 saturated heterocycles. The standard InChI is InChI=1S/C13H21N3O4S/c1-9(16(2)13(17)12(14)8-20-3)10-4-6-11(7-5-10)21(15,18)19/h4-7,9,12H,8,14H2,1-3H3,(H2,15,18,19). The molecule has 0 fully saturated rings. The molecule has 0 saturated carbocycles. The van der Waals surface area contributed by atoms with Crippen molar-refractivity contribution in [3.8, 4) is 0 Å². The fraction of sp³-hybridized carbons (Fsp3) is 0.462. The number of carbonyl (C=O) groups excluding carboxylic acids is 1. The summed E-state index contributed by atoms with van der Waals surface area (Å²) in [6.07, 6.45) is 0. The lowest BCUT2D eigenvalue weighted by atomic mass is 10.1. The third-order valence-electron chi connectivity index (χ3n) is 3.28. The number of sulfonamides is 1. The van der Waals surface area contributed by atoms with Gasteiger partial charge in [0, 0.05) is 14.2 Å². The number of ether oxygens (including phenoxy) is 1. The van der Waals surface area contributed by atoms with E-state index < -0.39 is 16.1 Å².